The van der Waals surface area contributed by atoms with E-state index in [-0.39, 0.29) is 31.2 Å². The lowest BCUT2D eigenvalue weighted by Gasteiger charge is -2.19. The molecule has 0 aliphatic carbocycles. The smallest absolute Gasteiger partial charge is 0.324 e. The zero-order valence-electron chi connectivity index (χ0n) is 17.9. The molecule has 1 saturated heterocycles. The Hall–Kier alpha value is -4.01. The summed E-state index contributed by atoms with van der Waals surface area (Å²) >= 11 is 0. The molecule has 1 atom stereocenters. The van der Waals surface area contributed by atoms with E-state index in [1.807, 2.05) is 30.5 Å². The van der Waals surface area contributed by atoms with Gasteiger partial charge >= 0.3 is 6.03 Å². The van der Waals surface area contributed by atoms with Crippen LogP contribution in [0.25, 0.3) is 10.9 Å². The number of aromatic amines is 1. The number of imide groups is 1. The van der Waals surface area contributed by atoms with Gasteiger partial charge in [0.25, 0.3) is 5.91 Å². The second-order valence-corrected chi connectivity index (χ2v) is 8.05. The highest BCUT2D eigenvalue weighted by atomic mass is 16.6. The molecule has 3 heterocycles. The molecule has 0 bridgehead atoms. The summed E-state index contributed by atoms with van der Waals surface area (Å²) in [7, 11) is 0. The number of benzene rings is 2. The Kier molecular flexibility index (Phi) is 5.60. The van der Waals surface area contributed by atoms with Gasteiger partial charge < -0.3 is 25.1 Å². The van der Waals surface area contributed by atoms with Crippen LogP contribution in [0.1, 0.15) is 18.4 Å². The first kappa shape index (κ1) is 20.9. The van der Waals surface area contributed by atoms with Crippen LogP contribution >= 0.6 is 0 Å². The van der Waals surface area contributed by atoms with Crippen LogP contribution in [0.3, 0.4) is 0 Å². The fraction of sp³-hybridized carbons (Fsp3) is 0.292. The zero-order valence-corrected chi connectivity index (χ0v) is 17.9. The minimum atomic E-state index is -0.702. The molecular formula is C24H24N4O5. The van der Waals surface area contributed by atoms with Gasteiger partial charge in [-0.3, -0.25) is 14.5 Å². The first-order valence-corrected chi connectivity index (χ1v) is 10.9. The Morgan fingerprint density at radius 3 is 2.79 bits per heavy atom. The number of fused-ring (bicyclic) bond motifs is 2. The van der Waals surface area contributed by atoms with Crippen molar-refractivity contribution in [3.63, 3.8) is 0 Å². The Morgan fingerprint density at radius 1 is 1.09 bits per heavy atom. The number of para-hydroxylation sites is 1. The summed E-state index contributed by atoms with van der Waals surface area (Å²) < 4.78 is 11.0. The van der Waals surface area contributed by atoms with E-state index in [2.05, 4.69) is 15.6 Å². The summed E-state index contributed by atoms with van der Waals surface area (Å²) in [6.07, 6.45) is 2.79. The Balaban J connectivity index is 1.13. The number of ether oxygens (including phenoxy) is 2. The number of rotatable bonds is 7. The van der Waals surface area contributed by atoms with Crippen molar-refractivity contribution in [3.05, 3.63) is 54.2 Å². The standard InChI is InChI=1S/C24H24N4O5/c29-22(26-16-5-7-20-21(13-16)33-12-11-32-20)8-6-19-23(30)28(24(31)27-19)10-9-15-14-25-18-4-2-1-3-17(15)18/h1-5,7,13-14,19,25H,6,8-12H2,(H,26,29)(H,27,31)/t19-/m1/s1. The van der Waals surface area contributed by atoms with Gasteiger partial charge in [-0.1, -0.05) is 18.2 Å². The largest absolute Gasteiger partial charge is 0.486 e. The minimum absolute atomic E-state index is 0.0986. The third kappa shape index (κ3) is 4.34. The van der Waals surface area contributed by atoms with Crippen molar-refractivity contribution in [1.82, 2.24) is 15.2 Å². The molecule has 9 heteroatoms. The van der Waals surface area contributed by atoms with Gasteiger partial charge in [0.2, 0.25) is 5.91 Å². The predicted molar refractivity (Wildman–Crippen MR) is 121 cm³/mol. The number of amides is 4. The zero-order chi connectivity index (χ0) is 22.8. The maximum atomic E-state index is 12.7. The molecular weight excluding hydrogens is 424 g/mol. The molecule has 1 aromatic heterocycles. The van der Waals surface area contributed by atoms with Crippen LogP contribution in [-0.4, -0.2) is 53.5 Å². The van der Waals surface area contributed by atoms with Gasteiger partial charge in [-0.2, -0.15) is 0 Å². The van der Waals surface area contributed by atoms with Crippen LogP contribution < -0.4 is 20.1 Å². The number of H-pyrrole nitrogens is 1. The quantitative estimate of drug-likeness (QED) is 0.481. The summed E-state index contributed by atoms with van der Waals surface area (Å²) in [5.74, 6) is 0.687. The Bertz CT molecular complexity index is 1220. The molecule has 5 rings (SSSR count). The lowest BCUT2D eigenvalue weighted by Crippen LogP contribution is -2.33. The molecule has 9 nitrogen and oxygen atoms in total. The summed E-state index contributed by atoms with van der Waals surface area (Å²) in [4.78, 5) is 41.9. The number of carbonyl (C=O) groups excluding carboxylic acids is 3. The third-order valence-corrected chi connectivity index (χ3v) is 5.87. The van der Waals surface area contributed by atoms with Crippen molar-refractivity contribution >= 4 is 34.4 Å². The summed E-state index contributed by atoms with van der Waals surface area (Å²) in [5, 5.41) is 6.57. The lowest BCUT2D eigenvalue weighted by molar-refractivity contribution is -0.127. The van der Waals surface area contributed by atoms with Gasteiger partial charge in [0, 0.05) is 41.8 Å². The van der Waals surface area contributed by atoms with Crippen molar-refractivity contribution in [3.8, 4) is 11.5 Å². The normalized spacial score (nSPS) is 17.3. The van der Waals surface area contributed by atoms with Gasteiger partial charge in [0.05, 0.1) is 0 Å². The first-order valence-electron chi connectivity index (χ1n) is 10.9. The summed E-state index contributed by atoms with van der Waals surface area (Å²) in [5.41, 5.74) is 2.66. The van der Waals surface area contributed by atoms with Gasteiger partial charge in [-0.25, -0.2) is 4.79 Å². The molecule has 3 aromatic rings. The van der Waals surface area contributed by atoms with Gasteiger partial charge in [-0.05, 0) is 36.6 Å². The van der Waals surface area contributed by atoms with E-state index in [1.165, 1.54) is 4.90 Å². The molecule has 0 unspecified atom stereocenters. The number of urea groups is 1. The molecule has 2 aliphatic rings. The fourth-order valence-corrected chi connectivity index (χ4v) is 4.18. The number of nitrogens with one attached hydrogen (secondary N) is 3. The maximum absolute atomic E-state index is 12.7. The molecule has 2 aliphatic heterocycles. The van der Waals surface area contributed by atoms with Crippen molar-refractivity contribution in [1.29, 1.82) is 0 Å². The molecule has 0 spiro atoms. The highest BCUT2D eigenvalue weighted by molar-refractivity contribution is 6.04. The van der Waals surface area contributed by atoms with E-state index in [4.69, 9.17) is 9.47 Å². The average molecular weight is 448 g/mol. The molecule has 2 aromatic carbocycles. The van der Waals surface area contributed by atoms with Crippen LogP contribution in [0.15, 0.2) is 48.7 Å². The highest BCUT2D eigenvalue weighted by Crippen LogP contribution is 2.32. The lowest BCUT2D eigenvalue weighted by atomic mass is 10.1. The van der Waals surface area contributed by atoms with E-state index < -0.39 is 12.1 Å². The highest BCUT2D eigenvalue weighted by Gasteiger charge is 2.37. The average Bonchev–Trinajstić information content (AvgIpc) is 3.36. The van der Waals surface area contributed by atoms with E-state index >= 15 is 0 Å². The predicted octanol–water partition coefficient (Wildman–Crippen LogP) is 2.82. The monoisotopic (exact) mass is 448 g/mol. The second-order valence-electron chi connectivity index (χ2n) is 8.05. The van der Waals surface area contributed by atoms with E-state index in [1.54, 1.807) is 18.2 Å². The molecule has 0 saturated carbocycles. The number of anilines is 1. The van der Waals surface area contributed by atoms with Crippen LogP contribution in [-0.2, 0) is 16.0 Å². The molecule has 33 heavy (non-hydrogen) atoms. The fourth-order valence-electron chi connectivity index (χ4n) is 4.18. The number of hydrogen-bond acceptors (Lipinski definition) is 5. The molecule has 4 amide bonds. The molecule has 170 valence electrons. The number of carbonyl (C=O) groups is 3. The third-order valence-electron chi connectivity index (χ3n) is 5.87. The number of aromatic nitrogens is 1. The van der Waals surface area contributed by atoms with Crippen molar-refractivity contribution in [2.75, 3.05) is 25.1 Å². The van der Waals surface area contributed by atoms with Crippen molar-refractivity contribution in [2.24, 2.45) is 0 Å². The van der Waals surface area contributed by atoms with Crippen LogP contribution in [0, 0.1) is 0 Å². The van der Waals surface area contributed by atoms with Gasteiger partial charge in [-0.15, -0.1) is 0 Å². The van der Waals surface area contributed by atoms with Crippen molar-refractivity contribution < 1.29 is 23.9 Å². The SMILES string of the molecule is O=C(CC[C@H]1NC(=O)N(CCc2c[nH]c3ccccc23)C1=O)Nc1ccc2c(c1)OCCO2. The maximum Gasteiger partial charge on any atom is 0.324 e. The summed E-state index contributed by atoms with van der Waals surface area (Å²) in [6.45, 7) is 1.25. The van der Waals surface area contributed by atoms with Crippen LogP contribution in [0.2, 0.25) is 0 Å². The second kappa shape index (κ2) is 8.85. The Morgan fingerprint density at radius 2 is 1.91 bits per heavy atom. The number of hydrogen-bond donors (Lipinski definition) is 3. The van der Waals surface area contributed by atoms with Gasteiger partial charge in [0.1, 0.15) is 19.3 Å². The van der Waals surface area contributed by atoms with E-state index in [9.17, 15) is 14.4 Å². The minimum Gasteiger partial charge on any atom is -0.486 e. The van der Waals surface area contributed by atoms with E-state index in [0.717, 1.165) is 16.5 Å². The van der Waals surface area contributed by atoms with Crippen molar-refractivity contribution in [2.45, 2.75) is 25.3 Å². The summed E-state index contributed by atoms with van der Waals surface area (Å²) in [6, 6.07) is 12.0. The molecule has 3 N–H and O–H groups in total. The van der Waals surface area contributed by atoms with Gasteiger partial charge in [0.15, 0.2) is 11.5 Å². The first-order chi connectivity index (χ1) is 16.1. The van der Waals surface area contributed by atoms with E-state index in [0.29, 0.717) is 36.8 Å². The molecule has 1 fully saturated rings. The topological polar surface area (TPSA) is 113 Å². The van der Waals surface area contributed by atoms with Crippen LogP contribution in [0.4, 0.5) is 10.5 Å². The number of nitrogens with zero attached hydrogens (tertiary/aromatic N) is 1. The Labute approximate surface area is 190 Å². The molecule has 0 radical (unpaired) electrons. The van der Waals surface area contributed by atoms with Crippen LogP contribution in [0.5, 0.6) is 11.5 Å².